The van der Waals surface area contributed by atoms with E-state index in [4.69, 9.17) is 25.5 Å². The molecule has 0 saturated heterocycles. The number of benzene rings is 5. The van der Waals surface area contributed by atoms with E-state index in [-0.39, 0.29) is 23.0 Å². The van der Waals surface area contributed by atoms with Crippen LogP contribution < -0.4 is 0 Å². The third-order valence-corrected chi connectivity index (χ3v) is 15.8. The van der Waals surface area contributed by atoms with Crippen LogP contribution in [0.2, 0.25) is 0 Å². The number of hydrogen-bond acceptors (Lipinski definition) is 10. The summed E-state index contributed by atoms with van der Waals surface area (Å²) < 4.78 is 0. The van der Waals surface area contributed by atoms with Crippen LogP contribution in [0.15, 0.2) is 72.8 Å². The van der Waals surface area contributed by atoms with E-state index < -0.39 is 92.5 Å². The summed E-state index contributed by atoms with van der Waals surface area (Å²) in [5, 5.41) is 105. The number of rotatable bonds is 10. The van der Waals surface area contributed by atoms with Gasteiger partial charge in [0, 0.05) is 5.92 Å². The maximum atomic E-state index is 15.9. The van der Waals surface area contributed by atoms with Crippen LogP contribution in [0, 0.1) is 12.3 Å². The Hall–Kier alpha value is -5.59. The molecule has 0 bridgehead atoms. The first-order valence-corrected chi connectivity index (χ1v) is 28.8. The molecule has 5 rings (SSSR count). The van der Waals surface area contributed by atoms with Crippen LogP contribution in [0.4, 0.5) is 0 Å². The molecule has 0 aliphatic heterocycles. The summed E-state index contributed by atoms with van der Waals surface area (Å²) in [5.74, 6) is -1.17. The number of aliphatic carboxylic acids is 1. The third-order valence-electron chi connectivity index (χ3n) is 15.8. The molecular weight excluding hydrogens is 1030 g/mol. The Balaban J connectivity index is 0.000000886. The van der Waals surface area contributed by atoms with E-state index in [0.29, 0.717) is 72.5 Å². The average Bonchev–Trinajstić information content (AvgIpc) is 1.25. The van der Waals surface area contributed by atoms with Crippen molar-refractivity contribution in [2.75, 3.05) is 26.4 Å². The number of aryl methyl sites for hydroxylation is 1. The van der Waals surface area contributed by atoms with Crippen LogP contribution in [0.5, 0.6) is 28.7 Å². The van der Waals surface area contributed by atoms with Crippen LogP contribution in [0.3, 0.4) is 0 Å². The van der Waals surface area contributed by atoms with Crippen LogP contribution in [0.25, 0.3) is 0 Å². The van der Waals surface area contributed by atoms with Crippen molar-refractivity contribution in [1.29, 1.82) is 0 Å². The van der Waals surface area contributed by atoms with Crippen molar-refractivity contribution in [2.24, 2.45) is 5.41 Å². The zero-order chi connectivity index (χ0) is 63.9. The van der Waals surface area contributed by atoms with Crippen molar-refractivity contribution >= 4 is 5.97 Å². The summed E-state index contributed by atoms with van der Waals surface area (Å²) in [6, 6.07) is 22.8. The van der Waals surface area contributed by atoms with Crippen LogP contribution in [-0.4, -0.2) is 83.5 Å². The van der Waals surface area contributed by atoms with Crippen molar-refractivity contribution < 1.29 is 55.9 Å². The van der Waals surface area contributed by atoms with Gasteiger partial charge in [-0.3, -0.25) is 4.79 Å². The highest BCUT2D eigenvalue weighted by Gasteiger charge is 2.54. The van der Waals surface area contributed by atoms with E-state index in [1.54, 1.807) is 6.07 Å². The quantitative estimate of drug-likeness (QED) is 0.0634. The third kappa shape index (κ3) is 15.4. The normalized spacial score (nSPS) is 13.3. The summed E-state index contributed by atoms with van der Waals surface area (Å²) >= 11 is 0. The summed E-state index contributed by atoms with van der Waals surface area (Å²) in [5.41, 5.74) is 0.608. The second kappa shape index (κ2) is 24.6. The Morgan fingerprint density at radius 3 is 0.720 bits per heavy atom. The predicted octanol–water partition coefficient (Wildman–Crippen LogP) is 14.7. The van der Waals surface area contributed by atoms with Crippen LogP contribution in [-0.2, 0) is 53.5 Å². The molecule has 5 aromatic rings. The fourth-order valence-corrected chi connectivity index (χ4v) is 10.4. The molecule has 0 spiro atoms. The van der Waals surface area contributed by atoms with E-state index in [1.807, 2.05) is 157 Å². The maximum absolute atomic E-state index is 15.9. The number of para-hydroxylation sites is 1. The molecule has 82 heavy (non-hydrogen) atoms. The fourth-order valence-electron chi connectivity index (χ4n) is 10.4. The van der Waals surface area contributed by atoms with Crippen molar-refractivity contribution in [1.82, 2.24) is 0 Å². The lowest BCUT2D eigenvalue weighted by Crippen LogP contribution is -2.45. The number of carbonyl (C=O) groups is 1. The van der Waals surface area contributed by atoms with Gasteiger partial charge in [-0.1, -0.05) is 233 Å². The van der Waals surface area contributed by atoms with Crippen molar-refractivity contribution in [3.63, 3.8) is 0 Å². The Morgan fingerprint density at radius 1 is 0.366 bits per heavy atom. The monoisotopic (exact) mass is 1130 g/mol. The zero-order valence-electron chi connectivity index (χ0n) is 54.7. The smallest absolute Gasteiger partial charge is 0.319 e. The van der Waals surface area contributed by atoms with Gasteiger partial charge in [0.15, 0.2) is 0 Å². The van der Waals surface area contributed by atoms with Gasteiger partial charge in [0.25, 0.3) is 0 Å². The van der Waals surface area contributed by atoms with Gasteiger partial charge in [-0.2, -0.15) is 0 Å². The number of phenolic OH excluding ortho intramolecular Hbond substituents is 5. The number of aliphatic hydroxyl groups excluding tert-OH is 4. The summed E-state index contributed by atoms with van der Waals surface area (Å²) in [6.07, 6.45) is 0. The van der Waals surface area contributed by atoms with Gasteiger partial charge >= 0.3 is 5.97 Å². The summed E-state index contributed by atoms with van der Waals surface area (Å²) in [4.78, 5) is 15.9. The van der Waals surface area contributed by atoms with Crippen molar-refractivity contribution in [3.05, 3.63) is 145 Å². The Bertz CT molecular complexity index is 2680. The van der Waals surface area contributed by atoms with Gasteiger partial charge in [-0.05, 0) is 129 Å². The molecule has 0 aromatic heterocycles. The lowest BCUT2D eigenvalue weighted by molar-refractivity contribution is -0.142. The maximum Gasteiger partial charge on any atom is 0.319 e. The molecule has 5 aromatic carbocycles. The van der Waals surface area contributed by atoms with Crippen LogP contribution >= 0.6 is 0 Å². The SMILES string of the molecule is CC(C)(C)c1cc(C(c2cc(C(C)(C)C)c(O)c(C(C)(C)C)c2)C(C(=O)O)(c2cc(C(C)(C)C)c(O)c(C(C)(C)C)c2)c2cc(C(C)(C)C)c(O)c(C(C)(C)C)c2)cc(C(C)(C)C)c1O.Cc1ccccc1O.OCC(CO)(CO)CO. The second-order valence-corrected chi connectivity index (χ2v) is 31.2. The first-order chi connectivity index (χ1) is 36.8. The van der Waals surface area contributed by atoms with Gasteiger partial charge in [-0.15, -0.1) is 0 Å². The largest absolute Gasteiger partial charge is 0.508 e. The molecule has 0 saturated carbocycles. The molecular formula is C71H106O11. The molecule has 11 nitrogen and oxygen atoms in total. The summed E-state index contributed by atoms with van der Waals surface area (Å²) in [7, 11) is 0. The van der Waals surface area contributed by atoms with E-state index in [0.717, 1.165) is 5.56 Å². The average molecular weight is 1140 g/mol. The topological polar surface area (TPSA) is 219 Å². The van der Waals surface area contributed by atoms with Gasteiger partial charge in [-0.25, -0.2) is 0 Å². The summed E-state index contributed by atoms with van der Waals surface area (Å²) in [6.45, 7) is 49.3. The lowest BCUT2D eigenvalue weighted by atomic mass is 9.58. The predicted molar refractivity (Wildman–Crippen MR) is 336 cm³/mol. The minimum absolute atomic E-state index is 0.130. The number of hydrogen-bond donors (Lipinski definition) is 10. The molecule has 0 aliphatic carbocycles. The van der Waals surface area contributed by atoms with E-state index in [9.17, 15) is 25.5 Å². The van der Waals surface area contributed by atoms with Gasteiger partial charge in [0.1, 0.15) is 34.2 Å². The first kappa shape index (κ1) is 70.7. The molecule has 0 fully saturated rings. The highest BCUT2D eigenvalue weighted by atomic mass is 16.4. The highest BCUT2D eigenvalue weighted by molar-refractivity contribution is 5.90. The molecule has 0 atom stereocenters. The zero-order valence-corrected chi connectivity index (χ0v) is 54.7. The molecule has 10 N–H and O–H groups in total. The Labute approximate surface area is 493 Å². The molecule has 0 unspecified atom stereocenters. The molecule has 456 valence electrons. The Kier molecular flexibility index (Phi) is 21.2. The molecule has 0 aliphatic rings. The number of carboxylic acid groups (broad SMARTS) is 1. The molecule has 11 heteroatoms. The minimum atomic E-state index is -1.98. The van der Waals surface area contributed by atoms with Crippen molar-refractivity contribution in [2.45, 2.75) is 228 Å². The van der Waals surface area contributed by atoms with Crippen LogP contribution in [0.1, 0.15) is 244 Å². The highest BCUT2D eigenvalue weighted by Crippen LogP contribution is 2.57. The fraction of sp³-hybridized carbons (Fsp3) is 0.563. The van der Waals surface area contributed by atoms with Gasteiger partial charge in [0.05, 0.1) is 31.8 Å². The number of carboxylic acids is 1. The molecule has 0 radical (unpaired) electrons. The number of aromatic hydroxyl groups is 5. The molecule has 0 amide bonds. The standard InChI is InChI=1S/C59H86O6.C7H8O.C5H12O4/c1-51(2,3)37-25-33(26-38(46(37)60)52(4,5)6)45(34-27-39(53(7,8)9)47(61)40(28-34)54(10,11)12)59(50(64)65,35-29-41(55(13,14)15)48(62)42(30-35)56(16,17)18)36-31-43(57(19,20)21)49(63)44(32-36)58(22,23)24;1-6-4-2-3-5-7(6)8;6-1-5(2-7,3-8)4-9/h25-32,45,60-63H,1-24H3,(H,64,65);2-5,8H,1H3;6-9H,1-4H2. The van der Waals surface area contributed by atoms with Crippen molar-refractivity contribution in [3.8, 4) is 28.7 Å². The number of aliphatic hydroxyl groups is 4. The molecule has 0 heterocycles. The second-order valence-electron chi connectivity index (χ2n) is 31.2. The van der Waals surface area contributed by atoms with E-state index in [1.165, 1.54) is 0 Å². The van der Waals surface area contributed by atoms with Gasteiger partial charge in [0.2, 0.25) is 0 Å². The first-order valence-electron chi connectivity index (χ1n) is 28.8. The van der Waals surface area contributed by atoms with E-state index in [2.05, 4.69) is 83.1 Å². The van der Waals surface area contributed by atoms with E-state index >= 15 is 4.79 Å². The number of phenols is 5. The minimum Gasteiger partial charge on any atom is -0.508 e. The van der Waals surface area contributed by atoms with Gasteiger partial charge < -0.3 is 51.1 Å². The lowest BCUT2D eigenvalue weighted by Gasteiger charge is -2.43. The Morgan fingerprint density at radius 2 is 0.573 bits per heavy atom.